The minimum atomic E-state index is -0.161. The number of para-hydroxylation sites is 1. The van der Waals surface area contributed by atoms with Gasteiger partial charge in [-0.1, -0.05) is 17.7 Å². The maximum Gasteiger partial charge on any atom is 0.127 e. The standard InChI is InChI=1S/C16H15Cl2N3/c1-11(17)16-20-14-4-2-3-13(18)15(14)21(16)10-7-12-5-8-19-9-6-12/h2-6,8-9,11H,7,10H2,1H3. The average Bonchev–Trinajstić information content (AvgIpc) is 2.86. The predicted molar refractivity (Wildman–Crippen MR) is 87.0 cm³/mol. The molecule has 0 saturated heterocycles. The van der Waals surface area contributed by atoms with E-state index in [0.717, 1.165) is 29.8 Å². The van der Waals surface area contributed by atoms with Gasteiger partial charge >= 0.3 is 0 Å². The topological polar surface area (TPSA) is 30.7 Å². The Balaban J connectivity index is 2.01. The molecule has 1 aromatic carbocycles. The molecule has 0 saturated carbocycles. The van der Waals surface area contributed by atoms with E-state index in [0.29, 0.717) is 5.02 Å². The summed E-state index contributed by atoms with van der Waals surface area (Å²) in [7, 11) is 0. The fourth-order valence-electron chi connectivity index (χ4n) is 2.48. The summed E-state index contributed by atoms with van der Waals surface area (Å²) in [6.45, 7) is 2.72. The van der Waals surface area contributed by atoms with Crippen LogP contribution in [0.5, 0.6) is 0 Å². The molecule has 1 atom stereocenters. The van der Waals surface area contributed by atoms with Crippen LogP contribution in [0.15, 0.2) is 42.7 Å². The van der Waals surface area contributed by atoms with Crippen molar-refractivity contribution in [1.82, 2.24) is 14.5 Å². The monoisotopic (exact) mass is 319 g/mol. The lowest BCUT2D eigenvalue weighted by molar-refractivity contribution is 0.668. The van der Waals surface area contributed by atoms with E-state index in [9.17, 15) is 0 Å². The van der Waals surface area contributed by atoms with Crippen molar-refractivity contribution in [2.24, 2.45) is 0 Å². The number of rotatable bonds is 4. The van der Waals surface area contributed by atoms with Gasteiger partial charge in [-0.15, -0.1) is 11.6 Å². The third kappa shape index (κ3) is 2.89. The third-order valence-electron chi connectivity index (χ3n) is 3.48. The lowest BCUT2D eigenvalue weighted by Crippen LogP contribution is -2.07. The second-order valence-corrected chi connectivity index (χ2v) is 6.01. The van der Waals surface area contributed by atoms with Crippen LogP contribution in [0.4, 0.5) is 0 Å². The van der Waals surface area contributed by atoms with E-state index in [2.05, 4.69) is 14.5 Å². The first-order valence-corrected chi connectivity index (χ1v) is 7.66. The summed E-state index contributed by atoms with van der Waals surface area (Å²) in [5.74, 6) is 0.855. The highest BCUT2D eigenvalue weighted by Crippen LogP contribution is 2.29. The van der Waals surface area contributed by atoms with Crippen molar-refractivity contribution >= 4 is 34.2 Å². The van der Waals surface area contributed by atoms with Crippen LogP contribution in [0.1, 0.15) is 23.7 Å². The van der Waals surface area contributed by atoms with Crippen LogP contribution in [-0.2, 0) is 13.0 Å². The van der Waals surface area contributed by atoms with Gasteiger partial charge in [0.25, 0.3) is 0 Å². The fraction of sp³-hybridized carbons (Fsp3) is 0.250. The fourth-order valence-corrected chi connectivity index (χ4v) is 2.92. The number of halogens is 2. The zero-order valence-electron chi connectivity index (χ0n) is 11.6. The number of benzene rings is 1. The van der Waals surface area contributed by atoms with Gasteiger partial charge in [0, 0.05) is 18.9 Å². The molecule has 0 fully saturated rings. The number of hydrogen-bond acceptors (Lipinski definition) is 2. The molecule has 1 unspecified atom stereocenters. The highest BCUT2D eigenvalue weighted by Gasteiger charge is 2.16. The van der Waals surface area contributed by atoms with Gasteiger partial charge in [-0.2, -0.15) is 0 Å². The molecule has 0 aliphatic rings. The highest BCUT2D eigenvalue weighted by molar-refractivity contribution is 6.35. The van der Waals surface area contributed by atoms with Gasteiger partial charge < -0.3 is 4.57 Å². The van der Waals surface area contributed by atoms with Crippen molar-refractivity contribution in [2.45, 2.75) is 25.3 Å². The third-order valence-corrected chi connectivity index (χ3v) is 3.98. The van der Waals surface area contributed by atoms with Gasteiger partial charge in [-0.25, -0.2) is 4.98 Å². The Morgan fingerprint density at radius 1 is 1.19 bits per heavy atom. The number of nitrogens with zero attached hydrogens (tertiary/aromatic N) is 3. The summed E-state index contributed by atoms with van der Waals surface area (Å²) in [5.41, 5.74) is 3.07. The maximum absolute atomic E-state index is 6.35. The molecular formula is C16H15Cl2N3. The molecule has 21 heavy (non-hydrogen) atoms. The molecule has 108 valence electrons. The summed E-state index contributed by atoms with van der Waals surface area (Å²) in [6.07, 6.45) is 4.49. The number of pyridine rings is 1. The molecule has 0 radical (unpaired) electrons. The Hall–Kier alpha value is -1.58. The van der Waals surface area contributed by atoms with Gasteiger partial charge in [0.15, 0.2) is 0 Å². The zero-order valence-corrected chi connectivity index (χ0v) is 13.1. The van der Waals surface area contributed by atoms with E-state index >= 15 is 0 Å². The van der Waals surface area contributed by atoms with Crippen molar-refractivity contribution in [3.05, 3.63) is 59.1 Å². The van der Waals surface area contributed by atoms with E-state index in [1.807, 2.05) is 37.3 Å². The van der Waals surface area contributed by atoms with Crippen LogP contribution in [0.25, 0.3) is 11.0 Å². The van der Waals surface area contributed by atoms with E-state index < -0.39 is 0 Å². The quantitative estimate of drug-likeness (QED) is 0.656. The molecule has 2 heterocycles. The SMILES string of the molecule is CC(Cl)c1nc2cccc(Cl)c2n1CCc1ccncc1. The Morgan fingerprint density at radius 3 is 2.67 bits per heavy atom. The van der Waals surface area contributed by atoms with Crippen LogP contribution in [0, 0.1) is 0 Å². The van der Waals surface area contributed by atoms with E-state index in [-0.39, 0.29) is 5.38 Å². The first-order chi connectivity index (χ1) is 10.2. The first-order valence-electron chi connectivity index (χ1n) is 6.84. The van der Waals surface area contributed by atoms with Crippen LogP contribution < -0.4 is 0 Å². The van der Waals surface area contributed by atoms with Crippen molar-refractivity contribution < 1.29 is 0 Å². The Bertz CT molecular complexity index is 751. The summed E-state index contributed by atoms with van der Waals surface area (Å²) in [4.78, 5) is 8.66. The molecule has 0 spiro atoms. The smallest absolute Gasteiger partial charge is 0.127 e. The van der Waals surface area contributed by atoms with E-state index in [4.69, 9.17) is 23.2 Å². The van der Waals surface area contributed by atoms with Gasteiger partial charge in [0.05, 0.1) is 21.4 Å². The summed E-state index contributed by atoms with van der Waals surface area (Å²) >= 11 is 12.6. The minimum Gasteiger partial charge on any atom is -0.325 e. The molecule has 3 nitrogen and oxygen atoms in total. The molecule has 0 bridgehead atoms. The number of aromatic nitrogens is 3. The Labute approximate surface area is 133 Å². The zero-order chi connectivity index (χ0) is 14.8. The van der Waals surface area contributed by atoms with Crippen LogP contribution >= 0.6 is 23.2 Å². The van der Waals surface area contributed by atoms with E-state index in [1.54, 1.807) is 12.4 Å². The van der Waals surface area contributed by atoms with Gasteiger partial charge in [0.1, 0.15) is 5.82 Å². The molecule has 2 aromatic heterocycles. The van der Waals surface area contributed by atoms with Crippen molar-refractivity contribution in [2.75, 3.05) is 0 Å². The van der Waals surface area contributed by atoms with Crippen LogP contribution in [-0.4, -0.2) is 14.5 Å². The normalized spacial score (nSPS) is 12.7. The molecule has 0 amide bonds. The van der Waals surface area contributed by atoms with Gasteiger partial charge in [-0.05, 0) is 43.2 Å². The first kappa shape index (κ1) is 14.4. The predicted octanol–water partition coefficient (Wildman–Crippen LogP) is 4.63. The van der Waals surface area contributed by atoms with Crippen molar-refractivity contribution in [3.63, 3.8) is 0 Å². The second kappa shape index (κ2) is 6.04. The Morgan fingerprint density at radius 2 is 1.95 bits per heavy atom. The van der Waals surface area contributed by atoms with Crippen molar-refractivity contribution in [1.29, 1.82) is 0 Å². The van der Waals surface area contributed by atoms with Gasteiger partial charge in [0.2, 0.25) is 0 Å². The van der Waals surface area contributed by atoms with E-state index in [1.165, 1.54) is 5.56 Å². The lowest BCUT2D eigenvalue weighted by Gasteiger charge is -2.11. The molecule has 0 aliphatic heterocycles. The number of aryl methyl sites for hydroxylation is 2. The largest absolute Gasteiger partial charge is 0.325 e. The summed E-state index contributed by atoms with van der Waals surface area (Å²) < 4.78 is 2.12. The average molecular weight is 320 g/mol. The molecule has 5 heteroatoms. The molecular weight excluding hydrogens is 305 g/mol. The summed E-state index contributed by atoms with van der Waals surface area (Å²) in [5, 5.41) is 0.546. The van der Waals surface area contributed by atoms with Gasteiger partial charge in [-0.3, -0.25) is 4.98 Å². The Kier molecular flexibility index (Phi) is 4.13. The number of hydrogen-bond donors (Lipinski definition) is 0. The van der Waals surface area contributed by atoms with Crippen molar-refractivity contribution in [3.8, 4) is 0 Å². The van der Waals surface area contributed by atoms with Crippen LogP contribution in [0.2, 0.25) is 5.02 Å². The number of fused-ring (bicyclic) bond motifs is 1. The number of imidazole rings is 1. The second-order valence-electron chi connectivity index (χ2n) is 4.95. The molecule has 3 rings (SSSR count). The van der Waals surface area contributed by atoms with Crippen LogP contribution in [0.3, 0.4) is 0 Å². The molecule has 0 aliphatic carbocycles. The molecule has 3 aromatic rings. The lowest BCUT2D eigenvalue weighted by atomic mass is 10.2. The summed E-state index contributed by atoms with van der Waals surface area (Å²) in [6, 6.07) is 9.80. The molecule has 0 N–H and O–H groups in total. The number of alkyl halides is 1. The maximum atomic E-state index is 6.35. The minimum absolute atomic E-state index is 0.161. The highest BCUT2D eigenvalue weighted by atomic mass is 35.5.